The molecule has 1 heterocycles. The van der Waals surface area contributed by atoms with Crippen LogP contribution in [0, 0.1) is 0 Å². The number of hydrogen-bond acceptors (Lipinski definition) is 3. The lowest BCUT2D eigenvalue weighted by atomic mass is 10.2. The molecular formula is C20H23ClN2O2. The minimum atomic E-state index is 0.241. The predicted octanol–water partition coefficient (Wildman–Crippen LogP) is 3.98. The highest BCUT2D eigenvalue weighted by molar-refractivity contribution is 6.30. The van der Waals surface area contributed by atoms with Crippen LogP contribution in [0.15, 0.2) is 48.5 Å². The Bertz CT molecular complexity index is 693. The molecule has 132 valence electrons. The molecule has 1 fully saturated rings. The lowest BCUT2D eigenvalue weighted by Gasteiger charge is -2.36. The fourth-order valence-electron chi connectivity index (χ4n) is 2.94. The largest absolute Gasteiger partial charge is 0.489 e. The summed E-state index contributed by atoms with van der Waals surface area (Å²) in [6.45, 7) is 5.77. The van der Waals surface area contributed by atoms with E-state index in [2.05, 4.69) is 17.0 Å². The van der Waals surface area contributed by atoms with E-state index < -0.39 is 0 Å². The van der Waals surface area contributed by atoms with Gasteiger partial charge in [0.05, 0.1) is 0 Å². The van der Waals surface area contributed by atoms with E-state index >= 15 is 0 Å². The minimum absolute atomic E-state index is 0.241. The number of anilines is 1. The van der Waals surface area contributed by atoms with Crippen LogP contribution in [0.1, 0.15) is 18.9 Å². The van der Waals surface area contributed by atoms with Gasteiger partial charge in [-0.1, -0.05) is 30.7 Å². The van der Waals surface area contributed by atoms with E-state index in [1.165, 1.54) is 5.69 Å². The lowest BCUT2D eigenvalue weighted by Crippen LogP contribution is -2.48. The van der Waals surface area contributed by atoms with E-state index in [1.807, 2.05) is 48.2 Å². The highest BCUT2D eigenvalue weighted by atomic mass is 35.5. The maximum Gasteiger partial charge on any atom is 0.222 e. The molecule has 2 aromatic carbocycles. The zero-order valence-corrected chi connectivity index (χ0v) is 15.2. The van der Waals surface area contributed by atoms with Crippen LogP contribution in [0.3, 0.4) is 0 Å². The molecule has 0 aromatic heterocycles. The Morgan fingerprint density at radius 1 is 1.00 bits per heavy atom. The van der Waals surface area contributed by atoms with Gasteiger partial charge in [0.25, 0.3) is 0 Å². The van der Waals surface area contributed by atoms with Crippen LogP contribution in [-0.2, 0) is 11.4 Å². The fraction of sp³-hybridized carbons (Fsp3) is 0.350. The molecule has 1 aliphatic heterocycles. The average Bonchev–Trinajstić information content (AvgIpc) is 2.67. The molecule has 1 amide bonds. The number of ether oxygens (including phenoxy) is 1. The molecule has 0 atom stereocenters. The highest BCUT2D eigenvalue weighted by Crippen LogP contribution is 2.22. The van der Waals surface area contributed by atoms with Crippen LogP contribution in [0.4, 0.5) is 5.69 Å². The molecule has 1 saturated heterocycles. The second kappa shape index (κ2) is 8.26. The molecule has 25 heavy (non-hydrogen) atoms. The van der Waals surface area contributed by atoms with E-state index in [-0.39, 0.29) is 5.91 Å². The monoisotopic (exact) mass is 358 g/mol. The van der Waals surface area contributed by atoms with Crippen molar-refractivity contribution in [3.8, 4) is 5.75 Å². The van der Waals surface area contributed by atoms with E-state index in [0.717, 1.165) is 42.5 Å². The smallest absolute Gasteiger partial charge is 0.222 e. The molecule has 2 aromatic rings. The zero-order chi connectivity index (χ0) is 17.6. The number of carbonyl (C=O) groups is 1. The normalized spacial score (nSPS) is 14.5. The predicted molar refractivity (Wildman–Crippen MR) is 101 cm³/mol. The van der Waals surface area contributed by atoms with E-state index in [1.54, 1.807) is 0 Å². The zero-order valence-electron chi connectivity index (χ0n) is 14.5. The van der Waals surface area contributed by atoms with Gasteiger partial charge in [0.15, 0.2) is 0 Å². The first-order chi connectivity index (χ1) is 12.2. The number of piperazine rings is 1. The summed E-state index contributed by atoms with van der Waals surface area (Å²) in [5.74, 6) is 1.09. The van der Waals surface area contributed by atoms with Crippen LogP contribution in [-0.4, -0.2) is 37.0 Å². The van der Waals surface area contributed by atoms with Gasteiger partial charge in [-0.25, -0.2) is 0 Å². The van der Waals surface area contributed by atoms with Crippen molar-refractivity contribution in [2.24, 2.45) is 0 Å². The van der Waals surface area contributed by atoms with Crippen LogP contribution in [0.5, 0.6) is 5.75 Å². The summed E-state index contributed by atoms with van der Waals surface area (Å²) in [5.41, 5.74) is 2.26. The quantitative estimate of drug-likeness (QED) is 0.810. The van der Waals surface area contributed by atoms with Gasteiger partial charge in [-0.05, 0) is 42.0 Å². The second-order valence-electron chi connectivity index (χ2n) is 6.13. The van der Waals surface area contributed by atoms with Gasteiger partial charge in [-0.15, -0.1) is 0 Å². The molecule has 0 aliphatic carbocycles. The maximum absolute atomic E-state index is 11.7. The Balaban J connectivity index is 1.52. The van der Waals surface area contributed by atoms with Crippen molar-refractivity contribution in [1.82, 2.24) is 4.90 Å². The molecule has 0 bridgehead atoms. The Morgan fingerprint density at radius 2 is 1.64 bits per heavy atom. The number of benzene rings is 2. The topological polar surface area (TPSA) is 32.8 Å². The third-order valence-corrected chi connectivity index (χ3v) is 4.71. The van der Waals surface area contributed by atoms with Crippen LogP contribution in [0.2, 0.25) is 5.02 Å². The molecule has 0 radical (unpaired) electrons. The highest BCUT2D eigenvalue weighted by Gasteiger charge is 2.19. The summed E-state index contributed by atoms with van der Waals surface area (Å²) in [7, 11) is 0. The Hall–Kier alpha value is -2.20. The van der Waals surface area contributed by atoms with Gasteiger partial charge in [-0.2, -0.15) is 0 Å². The van der Waals surface area contributed by atoms with Gasteiger partial charge in [0, 0.05) is 43.3 Å². The lowest BCUT2D eigenvalue weighted by molar-refractivity contribution is -0.131. The SMILES string of the molecule is CCC(=O)N1CCN(c2ccc(OCc3ccc(Cl)cc3)cc2)CC1. The van der Waals surface area contributed by atoms with Crippen molar-refractivity contribution in [3.05, 3.63) is 59.1 Å². The van der Waals surface area contributed by atoms with Gasteiger partial charge >= 0.3 is 0 Å². The summed E-state index contributed by atoms with van der Waals surface area (Å²) >= 11 is 5.89. The fourth-order valence-corrected chi connectivity index (χ4v) is 3.06. The molecule has 3 rings (SSSR count). The molecule has 4 nitrogen and oxygen atoms in total. The Kier molecular flexibility index (Phi) is 5.82. The standard InChI is InChI=1S/C20H23ClN2O2/c1-2-20(24)23-13-11-22(12-14-23)18-7-9-19(10-8-18)25-15-16-3-5-17(21)6-4-16/h3-10H,2,11-15H2,1H3. The number of rotatable bonds is 5. The average molecular weight is 359 g/mol. The van der Waals surface area contributed by atoms with Gasteiger partial charge < -0.3 is 14.5 Å². The number of nitrogens with zero attached hydrogens (tertiary/aromatic N) is 2. The summed E-state index contributed by atoms with van der Waals surface area (Å²) in [6.07, 6.45) is 0.583. The Labute approximate surface area is 154 Å². The number of halogens is 1. The van der Waals surface area contributed by atoms with Gasteiger partial charge in [0.2, 0.25) is 5.91 Å². The number of hydrogen-bond donors (Lipinski definition) is 0. The Morgan fingerprint density at radius 3 is 2.24 bits per heavy atom. The van der Waals surface area contributed by atoms with Crippen LogP contribution >= 0.6 is 11.6 Å². The van der Waals surface area contributed by atoms with Crippen molar-refractivity contribution in [3.63, 3.8) is 0 Å². The van der Waals surface area contributed by atoms with E-state index in [9.17, 15) is 4.79 Å². The molecule has 0 saturated carbocycles. The first kappa shape index (κ1) is 17.6. The van der Waals surface area contributed by atoms with Crippen molar-refractivity contribution >= 4 is 23.2 Å². The van der Waals surface area contributed by atoms with E-state index in [4.69, 9.17) is 16.3 Å². The molecule has 0 N–H and O–H groups in total. The third-order valence-electron chi connectivity index (χ3n) is 4.46. The summed E-state index contributed by atoms with van der Waals surface area (Å²) in [4.78, 5) is 16.0. The maximum atomic E-state index is 11.7. The summed E-state index contributed by atoms with van der Waals surface area (Å²) < 4.78 is 5.82. The summed E-state index contributed by atoms with van der Waals surface area (Å²) in [6, 6.07) is 15.8. The van der Waals surface area contributed by atoms with Crippen LogP contribution in [0.25, 0.3) is 0 Å². The molecule has 0 unspecified atom stereocenters. The second-order valence-corrected chi connectivity index (χ2v) is 6.57. The molecule has 5 heteroatoms. The molecule has 0 spiro atoms. The van der Waals surface area contributed by atoms with Crippen LogP contribution < -0.4 is 9.64 Å². The first-order valence-corrected chi connectivity index (χ1v) is 9.03. The van der Waals surface area contributed by atoms with Crippen molar-refractivity contribution in [2.75, 3.05) is 31.1 Å². The number of carbonyl (C=O) groups excluding carboxylic acids is 1. The third kappa shape index (κ3) is 4.67. The summed E-state index contributed by atoms with van der Waals surface area (Å²) in [5, 5.41) is 0.730. The van der Waals surface area contributed by atoms with Gasteiger partial charge in [-0.3, -0.25) is 4.79 Å². The van der Waals surface area contributed by atoms with Crippen molar-refractivity contribution < 1.29 is 9.53 Å². The number of amides is 1. The van der Waals surface area contributed by atoms with E-state index in [0.29, 0.717) is 13.0 Å². The van der Waals surface area contributed by atoms with Crippen molar-refractivity contribution in [1.29, 1.82) is 0 Å². The minimum Gasteiger partial charge on any atom is -0.489 e. The molecule has 1 aliphatic rings. The van der Waals surface area contributed by atoms with Gasteiger partial charge in [0.1, 0.15) is 12.4 Å². The first-order valence-electron chi connectivity index (χ1n) is 8.65. The van der Waals surface area contributed by atoms with Crippen molar-refractivity contribution in [2.45, 2.75) is 20.0 Å². The molecular weight excluding hydrogens is 336 g/mol.